The zero-order valence-corrected chi connectivity index (χ0v) is 13.3. The van der Waals surface area contributed by atoms with E-state index < -0.39 is 5.97 Å². The summed E-state index contributed by atoms with van der Waals surface area (Å²) >= 11 is 0. The number of hydrogen-bond acceptors (Lipinski definition) is 3. The predicted octanol–water partition coefficient (Wildman–Crippen LogP) is 0.901. The van der Waals surface area contributed by atoms with Crippen LogP contribution in [0.5, 0.6) is 0 Å². The number of hydrogen-bond donors (Lipinski definition) is 3. The third-order valence-electron chi connectivity index (χ3n) is 3.47. The standard InChI is InChI=1S/C14H27N3O4/c1-10(2)11(5-6-13(19)20)7-8-16-14(21)17(4)9-12(18)15-3/h10-11H,5-9H2,1-4H3,(H,15,18)(H,16,21)(H,19,20). The number of likely N-dealkylation sites (N-methyl/N-ethyl adjacent to an activating group) is 2. The Labute approximate surface area is 126 Å². The average molecular weight is 301 g/mol. The molecule has 0 heterocycles. The molecule has 0 radical (unpaired) electrons. The van der Waals surface area contributed by atoms with Gasteiger partial charge in [0, 0.05) is 27.1 Å². The molecule has 1 unspecified atom stereocenters. The fraction of sp³-hybridized carbons (Fsp3) is 0.786. The second-order valence-corrected chi connectivity index (χ2v) is 5.49. The Kier molecular flexibility index (Phi) is 9.16. The molecule has 1 atom stereocenters. The van der Waals surface area contributed by atoms with Crippen LogP contribution in [-0.4, -0.2) is 55.1 Å². The number of nitrogens with zero attached hydrogens (tertiary/aromatic N) is 1. The van der Waals surface area contributed by atoms with Crippen LogP contribution in [0, 0.1) is 11.8 Å². The van der Waals surface area contributed by atoms with Gasteiger partial charge >= 0.3 is 12.0 Å². The molecule has 0 bridgehead atoms. The maximum Gasteiger partial charge on any atom is 0.317 e. The van der Waals surface area contributed by atoms with Crippen LogP contribution >= 0.6 is 0 Å². The zero-order chi connectivity index (χ0) is 16.4. The summed E-state index contributed by atoms with van der Waals surface area (Å²) in [7, 11) is 3.07. The molecule has 3 amide bonds. The first-order valence-electron chi connectivity index (χ1n) is 7.19. The van der Waals surface area contributed by atoms with Crippen molar-refractivity contribution in [2.45, 2.75) is 33.1 Å². The highest BCUT2D eigenvalue weighted by Gasteiger charge is 2.16. The Morgan fingerprint density at radius 1 is 1.19 bits per heavy atom. The summed E-state index contributed by atoms with van der Waals surface area (Å²) in [6, 6.07) is -0.306. The van der Waals surface area contributed by atoms with E-state index in [0.29, 0.717) is 18.9 Å². The highest BCUT2D eigenvalue weighted by molar-refractivity contribution is 5.83. The fourth-order valence-electron chi connectivity index (χ4n) is 1.99. The molecule has 0 aromatic heterocycles. The van der Waals surface area contributed by atoms with E-state index in [1.165, 1.54) is 11.9 Å². The molecule has 0 saturated heterocycles. The molecule has 0 saturated carbocycles. The van der Waals surface area contributed by atoms with Crippen LogP contribution in [0.4, 0.5) is 4.79 Å². The predicted molar refractivity (Wildman–Crippen MR) is 79.9 cm³/mol. The molecule has 122 valence electrons. The van der Waals surface area contributed by atoms with Gasteiger partial charge in [-0.2, -0.15) is 0 Å². The summed E-state index contributed by atoms with van der Waals surface area (Å²) in [6.45, 7) is 4.58. The minimum Gasteiger partial charge on any atom is -0.481 e. The van der Waals surface area contributed by atoms with E-state index in [0.717, 1.165) is 6.42 Å². The number of carbonyl (C=O) groups is 3. The Morgan fingerprint density at radius 3 is 2.29 bits per heavy atom. The first-order chi connectivity index (χ1) is 9.77. The molecule has 0 rings (SSSR count). The maximum atomic E-state index is 11.8. The van der Waals surface area contributed by atoms with E-state index >= 15 is 0 Å². The Hall–Kier alpha value is -1.79. The molecule has 0 aromatic carbocycles. The van der Waals surface area contributed by atoms with Crippen molar-refractivity contribution in [3.63, 3.8) is 0 Å². The number of amides is 3. The van der Waals surface area contributed by atoms with Crippen molar-refractivity contribution in [3.05, 3.63) is 0 Å². The summed E-state index contributed by atoms with van der Waals surface area (Å²) in [5.74, 6) is -0.403. The monoisotopic (exact) mass is 301 g/mol. The van der Waals surface area contributed by atoms with Crippen LogP contribution in [-0.2, 0) is 9.59 Å². The molecule has 7 heteroatoms. The van der Waals surface area contributed by atoms with Gasteiger partial charge in [0.25, 0.3) is 0 Å². The van der Waals surface area contributed by atoms with E-state index in [1.807, 2.05) is 13.8 Å². The second kappa shape index (κ2) is 10.0. The Bertz CT molecular complexity index is 358. The number of urea groups is 1. The average Bonchev–Trinajstić information content (AvgIpc) is 2.41. The van der Waals surface area contributed by atoms with Crippen molar-refractivity contribution < 1.29 is 19.5 Å². The van der Waals surface area contributed by atoms with Gasteiger partial charge in [0.05, 0.1) is 0 Å². The van der Waals surface area contributed by atoms with E-state index in [2.05, 4.69) is 10.6 Å². The van der Waals surface area contributed by atoms with Gasteiger partial charge in [0.15, 0.2) is 0 Å². The SMILES string of the molecule is CNC(=O)CN(C)C(=O)NCCC(CCC(=O)O)C(C)C. The molecule has 21 heavy (non-hydrogen) atoms. The van der Waals surface area contributed by atoms with Crippen molar-refractivity contribution >= 4 is 17.9 Å². The highest BCUT2D eigenvalue weighted by atomic mass is 16.4. The first-order valence-corrected chi connectivity index (χ1v) is 7.19. The van der Waals surface area contributed by atoms with Crippen molar-refractivity contribution in [2.75, 3.05) is 27.2 Å². The largest absolute Gasteiger partial charge is 0.481 e. The summed E-state index contributed by atoms with van der Waals surface area (Å²) in [6.07, 6.45) is 1.48. The van der Waals surface area contributed by atoms with Gasteiger partial charge in [0.1, 0.15) is 6.54 Å². The number of carbonyl (C=O) groups excluding carboxylic acids is 2. The number of rotatable bonds is 9. The van der Waals surface area contributed by atoms with Crippen molar-refractivity contribution in [3.8, 4) is 0 Å². The van der Waals surface area contributed by atoms with E-state index in [-0.39, 0.29) is 30.8 Å². The summed E-state index contributed by atoms with van der Waals surface area (Å²) in [5, 5.41) is 13.9. The lowest BCUT2D eigenvalue weighted by molar-refractivity contribution is -0.137. The maximum absolute atomic E-state index is 11.8. The first kappa shape index (κ1) is 19.2. The second-order valence-electron chi connectivity index (χ2n) is 5.49. The summed E-state index contributed by atoms with van der Waals surface area (Å²) in [5.41, 5.74) is 0. The van der Waals surface area contributed by atoms with Crippen LogP contribution in [0.25, 0.3) is 0 Å². The molecule has 0 spiro atoms. The number of carboxylic acid groups (broad SMARTS) is 1. The number of nitrogens with one attached hydrogen (secondary N) is 2. The Balaban J connectivity index is 4.10. The topological polar surface area (TPSA) is 98.7 Å². The molecule has 0 aliphatic heterocycles. The number of carboxylic acids is 1. The molecular weight excluding hydrogens is 274 g/mol. The van der Waals surface area contributed by atoms with Crippen LogP contribution < -0.4 is 10.6 Å². The fourth-order valence-corrected chi connectivity index (χ4v) is 1.99. The third kappa shape index (κ3) is 8.88. The van der Waals surface area contributed by atoms with Crippen LogP contribution in [0.2, 0.25) is 0 Å². The van der Waals surface area contributed by atoms with Gasteiger partial charge in [-0.3, -0.25) is 9.59 Å². The van der Waals surface area contributed by atoms with Gasteiger partial charge in [-0.05, 0) is 24.7 Å². The normalized spacial score (nSPS) is 11.9. The number of aliphatic carboxylic acids is 1. The highest BCUT2D eigenvalue weighted by Crippen LogP contribution is 2.20. The lowest BCUT2D eigenvalue weighted by Crippen LogP contribution is -2.43. The van der Waals surface area contributed by atoms with E-state index in [4.69, 9.17) is 5.11 Å². The minimum atomic E-state index is -0.796. The van der Waals surface area contributed by atoms with Crippen LogP contribution in [0.3, 0.4) is 0 Å². The van der Waals surface area contributed by atoms with Gasteiger partial charge in [-0.25, -0.2) is 4.79 Å². The summed E-state index contributed by atoms with van der Waals surface area (Å²) < 4.78 is 0. The summed E-state index contributed by atoms with van der Waals surface area (Å²) in [4.78, 5) is 34.8. The van der Waals surface area contributed by atoms with Crippen molar-refractivity contribution in [2.24, 2.45) is 11.8 Å². The molecule has 0 aliphatic carbocycles. The molecule has 3 N–H and O–H groups in total. The van der Waals surface area contributed by atoms with Crippen LogP contribution in [0.15, 0.2) is 0 Å². The quantitative estimate of drug-likeness (QED) is 0.589. The van der Waals surface area contributed by atoms with Gasteiger partial charge in [-0.1, -0.05) is 13.8 Å². The zero-order valence-electron chi connectivity index (χ0n) is 13.3. The van der Waals surface area contributed by atoms with Gasteiger partial charge in [-0.15, -0.1) is 0 Å². The minimum absolute atomic E-state index is 0.00889. The van der Waals surface area contributed by atoms with E-state index in [9.17, 15) is 14.4 Å². The smallest absolute Gasteiger partial charge is 0.317 e. The van der Waals surface area contributed by atoms with Crippen LogP contribution in [0.1, 0.15) is 33.1 Å². The molecule has 0 aliphatic rings. The Morgan fingerprint density at radius 2 is 1.81 bits per heavy atom. The van der Waals surface area contributed by atoms with Gasteiger partial charge in [0.2, 0.25) is 5.91 Å². The lowest BCUT2D eigenvalue weighted by atomic mass is 9.88. The molecular formula is C14H27N3O4. The van der Waals surface area contributed by atoms with Crippen molar-refractivity contribution in [1.82, 2.24) is 15.5 Å². The van der Waals surface area contributed by atoms with Crippen molar-refractivity contribution in [1.29, 1.82) is 0 Å². The molecule has 0 aromatic rings. The molecule has 7 nitrogen and oxygen atoms in total. The van der Waals surface area contributed by atoms with E-state index in [1.54, 1.807) is 7.05 Å². The van der Waals surface area contributed by atoms with Gasteiger partial charge < -0.3 is 20.6 Å². The third-order valence-corrected chi connectivity index (χ3v) is 3.47. The molecule has 0 fully saturated rings. The lowest BCUT2D eigenvalue weighted by Gasteiger charge is -2.22.